The van der Waals surface area contributed by atoms with Gasteiger partial charge in [-0.15, -0.1) is 10.2 Å². The second kappa shape index (κ2) is 12.4. The molecule has 0 unspecified atom stereocenters. The molecule has 206 valence electrons. The van der Waals surface area contributed by atoms with E-state index in [0.29, 0.717) is 5.16 Å². The van der Waals surface area contributed by atoms with Gasteiger partial charge >= 0.3 is 0 Å². The molecule has 0 saturated carbocycles. The normalized spacial score (nSPS) is 11.9. The number of benzene rings is 4. The molecule has 6 nitrogen and oxygen atoms in total. The van der Waals surface area contributed by atoms with Gasteiger partial charge in [-0.05, 0) is 46.7 Å². The molecule has 1 aromatic heterocycles. The number of amides is 1. The number of nitrogens with one attached hydrogen (secondary N) is 1. The molecule has 0 bridgehead atoms. The third-order valence-electron chi connectivity index (χ3n) is 6.75. The first-order valence-electron chi connectivity index (χ1n) is 13.5. The molecule has 5 rings (SSSR count). The molecule has 0 aliphatic rings. The smallest absolute Gasteiger partial charge is 0.250 e. The molecule has 4 aromatic carbocycles. The first-order valence-corrected chi connectivity index (χ1v) is 14.5. The minimum atomic E-state index is -0.214. The van der Waals surface area contributed by atoms with Crippen LogP contribution in [0.2, 0.25) is 0 Å². The Morgan fingerprint density at radius 1 is 0.780 bits per heavy atom. The topological polar surface area (TPSA) is 72.2 Å². The standard InChI is InChI=1S/C34H33N5OS/c1-24(25-15-17-27(18-16-25)26-11-7-5-8-12-26)35-36-31(40)23-41-33-38-37-32(39(33)30-13-9-6-10-14-30)28-19-21-29(22-20-28)34(2,3)4/h5-22H,23H2,1-4H3,(H,36,40). The summed E-state index contributed by atoms with van der Waals surface area (Å²) in [7, 11) is 0. The summed E-state index contributed by atoms with van der Waals surface area (Å²) in [6.45, 7) is 8.47. The molecule has 0 radical (unpaired) electrons. The maximum atomic E-state index is 12.8. The second-order valence-electron chi connectivity index (χ2n) is 10.8. The fourth-order valence-electron chi connectivity index (χ4n) is 4.39. The van der Waals surface area contributed by atoms with Crippen molar-refractivity contribution in [2.24, 2.45) is 5.10 Å². The molecular weight excluding hydrogens is 526 g/mol. The highest BCUT2D eigenvalue weighted by atomic mass is 32.2. The Balaban J connectivity index is 1.28. The van der Waals surface area contributed by atoms with Gasteiger partial charge in [0, 0.05) is 11.3 Å². The van der Waals surface area contributed by atoms with Crippen LogP contribution in [0.15, 0.2) is 119 Å². The van der Waals surface area contributed by atoms with Crippen molar-refractivity contribution in [2.45, 2.75) is 38.3 Å². The van der Waals surface area contributed by atoms with E-state index < -0.39 is 0 Å². The summed E-state index contributed by atoms with van der Waals surface area (Å²) < 4.78 is 1.99. The number of hydrogen-bond acceptors (Lipinski definition) is 5. The number of para-hydroxylation sites is 1. The van der Waals surface area contributed by atoms with Crippen LogP contribution in [0.3, 0.4) is 0 Å². The predicted octanol–water partition coefficient (Wildman–Crippen LogP) is 7.53. The number of carbonyl (C=O) groups excluding carboxylic acids is 1. The monoisotopic (exact) mass is 559 g/mol. The van der Waals surface area contributed by atoms with Gasteiger partial charge in [0.25, 0.3) is 5.91 Å². The van der Waals surface area contributed by atoms with E-state index in [2.05, 4.69) is 90.0 Å². The third kappa shape index (κ3) is 6.81. The highest BCUT2D eigenvalue weighted by Crippen LogP contribution is 2.30. The molecule has 1 heterocycles. The van der Waals surface area contributed by atoms with Crippen molar-refractivity contribution in [1.82, 2.24) is 20.2 Å². The van der Waals surface area contributed by atoms with Gasteiger partial charge in [-0.3, -0.25) is 9.36 Å². The van der Waals surface area contributed by atoms with Crippen molar-refractivity contribution in [1.29, 1.82) is 0 Å². The zero-order chi connectivity index (χ0) is 28.8. The summed E-state index contributed by atoms with van der Waals surface area (Å²) >= 11 is 1.33. The van der Waals surface area contributed by atoms with Gasteiger partial charge in [-0.25, -0.2) is 5.43 Å². The molecule has 0 atom stereocenters. The van der Waals surface area contributed by atoms with E-state index in [0.717, 1.165) is 39.5 Å². The van der Waals surface area contributed by atoms with Crippen molar-refractivity contribution in [3.63, 3.8) is 0 Å². The van der Waals surface area contributed by atoms with Crippen molar-refractivity contribution in [3.8, 4) is 28.2 Å². The fraction of sp³-hybridized carbons (Fsp3) is 0.176. The van der Waals surface area contributed by atoms with Gasteiger partial charge in [0.05, 0.1) is 11.5 Å². The highest BCUT2D eigenvalue weighted by molar-refractivity contribution is 7.99. The molecule has 1 amide bonds. The Labute approximate surface area is 245 Å². The Bertz CT molecular complexity index is 1640. The van der Waals surface area contributed by atoms with E-state index in [4.69, 9.17) is 0 Å². The van der Waals surface area contributed by atoms with E-state index in [-0.39, 0.29) is 17.1 Å². The molecule has 0 saturated heterocycles. The average molecular weight is 560 g/mol. The maximum Gasteiger partial charge on any atom is 0.250 e. The van der Waals surface area contributed by atoms with Crippen LogP contribution in [0, 0.1) is 0 Å². The lowest BCUT2D eigenvalue weighted by molar-refractivity contribution is -0.118. The first-order chi connectivity index (χ1) is 19.8. The van der Waals surface area contributed by atoms with Gasteiger partial charge in [0.2, 0.25) is 0 Å². The number of thioether (sulfide) groups is 1. The summed E-state index contributed by atoms with van der Waals surface area (Å²) in [5.74, 6) is 0.666. The molecular formula is C34H33N5OS. The summed E-state index contributed by atoms with van der Waals surface area (Å²) in [4.78, 5) is 12.8. The fourth-order valence-corrected chi connectivity index (χ4v) is 5.13. The molecule has 0 fully saturated rings. The highest BCUT2D eigenvalue weighted by Gasteiger charge is 2.19. The summed E-state index contributed by atoms with van der Waals surface area (Å²) in [6, 6.07) is 36.7. The zero-order valence-electron chi connectivity index (χ0n) is 23.7. The predicted molar refractivity (Wildman–Crippen MR) is 168 cm³/mol. The third-order valence-corrected chi connectivity index (χ3v) is 7.68. The van der Waals surface area contributed by atoms with Gasteiger partial charge in [0.15, 0.2) is 11.0 Å². The summed E-state index contributed by atoms with van der Waals surface area (Å²) in [5.41, 5.74) is 9.87. The number of hydrazone groups is 1. The van der Waals surface area contributed by atoms with Crippen LogP contribution in [0.4, 0.5) is 0 Å². The largest absolute Gasteiger partial charge is 0.272 e. The second-order valence-corrected chi connectivity index (χ2v) is 11.7. The summed E-state index contributed by atoms with van der Waals surface area (Å²) in [6.07, 6.45) is 0. The number of nitrogens with zero attached hydrogens (tertiary/aromatic N) is 4. The molecule has 0 spiro atoms. The zero-order valence-corrected chi connectivity index (χ0v) is 24.5. The quantitative estimate of drug-likeness (QED) is 0.121. The SMILES string of the molecule is CC(=NNC(=O)CSc1nnc(-c2ccc(C(C)(C)C)cc2)n1-c1ccccc1)c1ccc(-c2ccccc2)cc1. The van der Waals surface area contributed by atoms with Crippen molar-refractivity contribution in [2.75, 3.05) is 5.75 Å². The van der Waals surface area contributed by atoms with Crippen molar-refractivity contribution in [3.05, 3.63) is 120 Å². The number of aromatic nitrogens is 3. The van der Waals surface area contributed by atoms with Crippen molar-refractivity contribution < 1.29 is 4.79 Å². The Morgan fingerprint density at radius 2 is 1.37 bits per heavy atom. The minimum Gasteiger partial charge on any atom is -0.272 e. The van der Waals surface area contributed by atoms with Gasteiger partial charge in [-0.1, -0.05) is 130 Å². The van der Waals surface area contributed by atoms with E-state index in [9.17, 15) is 4.79 Å². The molecule has 1 N–H and O–H groups in total. The van der Waals surface area contributed by atoms with E-state index in [1.54, 1.807) is 0 Å². The molecule has 7 heteroatoms. The van der Waals surface area contributed by atoms with Crippen LogP contribution >= 0.6 is 11.8 Å². The van der Waals surface area contributed by atoms with Crippen LogP contribution in [-0.4, -0.2) is 32.1 Å². The maximum absolute atomic E-state index is 12.8. The number of carbonyl (C=O) groups is 1. The van der Waals surface area contributed by atoms with Crippen LogP contribution in [0.1, 0.15) is 38.8 Å². The molecule has 5 aromatic rings. The van der Waals surface area contributed by atoms with Gasteiger partial charge < -0.3 is 0 Å². The van der Waals surface area contributed by atoms with Crippen molar-refractivity contribution >= 4 is 23.4 Å². The average Bonchev–Trinajstić information content (AvgIpc) is 3.43. The van der Waals surface area contributed by atoms with E-state index >= 15 is 0 Å². The lowest BCUT2D eigenvalue weighted by Gasteiger charge is -2.19. The van der Waals surface area contributed by atoms with Crippen LogP contribution < -0.4 is 5.43 Å². The van der Waals surface area contributed by atoms with E-state index in [1.165, 1.54) is 17.3 Å². The Morgan fingerprint density at radius 3 is 2.00 bits per heavy atom. The number of hydrogen-bond donors (Lipinski definition) is 1. The summed E-state index contributed by atoms with van der Waals surface area (Å²) in [5, 5.41) is 13.9. The van der Waals surface area contributed by atoms with Crippen LogP contribution in [0.5, 0.6) is 0 Å². The van der Waals surface area contributed by atoms with Crippen LogP contribution in [0.25, 0.3) is 28.2 Å². The molecule has 41 heavy (non-hydrogen) atoms. The van der Waals surface area contributed by atoms with E-state index in [1.807, 2.05) is 72.2 Å². The first kappa shape index (κ1) is 28.1. The molecule has 0 aliphatic heterocycles. The van der Waals surface area contributed by atoms with Gasteiger partial charge in [0.1, 0.15) is 0 Å². The lowest BCUT2D eigenvalue weighted by atomic mass is 9.87. The Kier molecular flexibility index (Phi) is 8.45. The molecule has 0 aliphatic carbocycles. The minimum absolute atomic E-state index is 0.0620. The lowest BCUT2D eigenvalue weighted by Crippen LogP contribution is -2.21. The van der Waals surface area contributed by atoms with Gasteiger partial charge in [-0.2, -0.15) is 5.10 Å². The Hall–Kier alpha value is -4.49. The number of rotatable bonds is 8. The van der Waals surface area contributed by atoms with Crippen LogP contribution in [-0.2, 0) is 10.2 Å².